The topological polar surface area (TPSA) is 110 Å². The number of ether oxygens (including phenoxy) is 1. The van der Waals surface area contributed by atoms with Gasteiger partial charge >= 0.3 is 12.1 Å². The zero-order valence-corrected chi connectivity index (χ0v) is 18.3. The molecule has 3 aromatic carbocycles. The number of hydrogen-bond acceptors (Lipinski definition) is 4. The normalized spacial score (nSPS) is 11.9. The standard InChI is InChI=1S/C26H26N2O5/c1-33-25(32)28(22(24(30)31)17-18-23(27)29)26(19-11-5-2-6-12-19,20-13-7-3-8-14-20)21-15-9-4-10-16-21/h2-16,22H,17-18H2,1H3,(H2,27,29)(H,30,31)/t22-/m1/s1. The molecule has 0 unspecified atom stereocenters. The number of primary amides is 1. The van der Waals surface area contributed by atoms with Gasteiger partial charge in [-0.15, -0.1) is 0 Å². The van der Waals surface area contributed by atoms with Crippen LogP contribution >= 0.6 is 0 Å². The van der Waals surface area contributed by atoms with Crippen LogP contribution in [0.15, 0.2) is 91.0 Å². The molecule has 3 N–H and O–H groups in total. The summed E-state index contributed by atoms with van der Waals surface area (Å²) in [6, 6.07) is 26.1. The highest BCUT2D eigenvalue weighted by molar-refractivity contribution is 5.83. The van der Waals surface area contributed by atoms with Gasteiger partial charge in [0.15, 0.2) is 0 Å². The van der Waals surface area contributed by atoms with Crippen molar-refractivity contribution in [1.82, 2.24) is 4.90 Å². The van der Waals surface area contributed by atoms with E-state index in [9.17, 15) is 19.5 Å². The second-order valence-corrected chi connectivity index (χ2v) is 7.51. The minimum atomic E-state index is -1.40. The number of hydrogen-bond donors (Lipinski definition) is 2. The minimum Gasteiger partial charge on any atom is -0.480 e. The second-order valence-electron chi connectivity index (χ2n) is 7.51. The van der Waals surface area contributed by atoms with E-state index in [0.717, 1.165) is 0 Å². The maximum Gasteiger partial charge on any atom is 0.411 e. The number of nitrogens with two attached hydrogens (primary N) is 1. The predicted octanol–water partition coefficient (Wildman–Crippen LogP) is 3.77. The molecule has 0 bridgehead atoms. The first kappa shape index (κ1) is 23.5. The molecule has 0 aliphatic heterocycles. The van der Waals surface area contributed by atoms with E-state index in [1.807, 2.05) is 91.0 Å². The quantitative estimate of drug-likeness (QED) is 0.486. The largest absolute Gasteiger partial charge is 0.480 e. The lowest BCUT2D eigenvalue weighted by Gasteiger charge is -2.47. The van der Waals surface area contributed by atoms with E-state index in [-0.39, 0.29) is 12.8 Å². The third-order valence-corrected chi connectivity index (χ3v) is 5.57. The number of nitrogens with zero attached hydrogens (tertiary/aromatic N) is 1. The van der Waals surface area contributed by atoms with Gasteiger partial charge in [-0.2, -0.15) is 0 Å². The van der Waals surface area contributed by atoms with Gasteiger partial charge in [-0.3, -0.25) is 9.69 Å². The predicted molar refractivity (Wildman–Crippen MR) is 123 cm³/mol. The van der Waals surface area contributed by atoms with Gasteiger partial charge < -0.3 is 15.6 Å². The first-order chi connectivity index (χ1) is 15.9. The molecule has 7 nitrogen and oxygen atoms in total. The van der Waals surface area contributed by atoms with Gasteiger partial charge in [0.05, 0.1) is 7.11 Å². The number of rotatable bonds is 9. The second kappa shape index (κ2) is 10.5. The van der Waals surface area contributed by atoms with E-state index in [4.69, 9.17) is 10.5 Å². The summed E-state index contributed by atoms with van der Waals surface area (Å²) in [5.74, 6) is -1.93. The number of carbonyl (C=O) groups excluding carboxylic acids is 2. The van der Waals surface area contributed by atoms with Crippen molar-refractivity contribution in [3.8, 4) is 0 Å². The van der Waals surface area contributed by atoms with Crippen LogP contribution in [-0.4, -0.2) is 41.1 Å². The SMILES string of the molecule is COC(=O)N([C@H](CCC(N)=O)C(=O)O)C(c1ccccc1)(c1ccccc1)c1ccccc1. The zero-order chi connectivity index (χ0) is 23.8. The average molecular weight is 447 g/mol. The number of carboxylic acid groups (broad SMARTS) is 1. The molecule has 33 heavy (non-hydrogen) atoms. The van der Waals surface area contributed by atoms with Gasteiger partial charge in [-0.05, 0) is 23.1 Å². The first-order valence-corrected chi connectivity index (χ1v) is 10.5. The summed E-state index contributed by atoms with van der Waals surface area (Å²) in [5, 5.41) is 10.2. The highest BCUT2D eigenvalue weighted by Gasteiger charge is 2.50. The minimum absolute atomic E-state index is 0.173. The van der Waals surface area contributed by atoms with Gasteiger partial charge in [-0.1, -0.05) is 91.0 Å². The number of amides is 2. The van der Waals surface area contributed by atoms with Gasteiger partial charge in [0.1, 0.15) is 11.6 Å². The number of aliphatic carboxylic acids is 1. The fourth-order valence-electron chi connectivity index (χ4n) is 4.19. The van der Waals surface area contributed by atoms with Crippen molar-refractivity contribution in [2.75, 3.05) is 7.11 Å². The van der Waals surface area contributed by atoms with Crippen LogP contribution in [0.1, 0.15) is 29.5 Å². The Bertz CT molecular complexity index is 991. The van der Waals surface area contributed by atoms with Crippen LogP contribution in [-0.2, 0) is 19.9 Å². The molecule has 170 valence electrons. The van der Waals surface area contributed by atoms with Crippen molar-refractivity contribution in [2.45, 2.75) is 24.4 Å². The first-order valence-electron chi connectivity index (χ1n) is 10.5. The van der Waals surface area contributed by atoms with E-state index in [1.165, 1.54) is 12.0 Å². The van der Waals surface area contributed by atoms with E-state index < -0.39 is 29.6 Å². The molecular formula is C26H26N2O5. The van der Waals surface area contributed by atoms with E-state index in [1.54, 1.807) is 0 Å². The smallest absolute Gasteiger partial charge is 0.411 e. The Morgan fingerprint density at radius 1 is 0.848 bits per heavy atom. The van der Waals surface area contributed by atoms with Crippen LogP contribution in [0.4, 0.5) is 4.79 Å². The van der Waals surface area contributed by atoms with Crippen molar-refractivity contribution in [3.63, 3.8) is 0 Å². The van der Waals surface area contributed by atoms with Gasteiger partial charge in [-0.25, -0.2) is 9.59 Å². The third-order valence-electron chi connectivity index (χ3n) is 5.57. The fraction of sp³-hybridized carbons (Fsp3) is 0.192. The molecule has 0 fully saturated rings. The molecule has 0 saturated heterocycles. The lowest BCUT2D eigenvalue weighted by atomic mass is 9.74. The molecule has 0 aromatic heterocycles. The Kier molecular flexibility index (Phi) is 7.46. The number of carboxylic acids is 1. The molecule has 0 saturated carbocycles. The monoisotopic (exact) mass is 446 g/mol. The summed E-state index contributed by atoms with van der Waals surface area (Å²) >= 11 is 0. The molecule has 0 aliphatic rings. The Morgan fingerprint density at radius 2 is 1.24 bits per heavy atom. The average Bonchev–Trinajstić information content (AvgIpc) is 2.84. The fourth-order valence-corrected chi connectivity index (χ4v) is 4.19. The maximum absolute atomic E-state index is 13.4. The van der Waals surface area contributed by atoms with E-state index >= 15 is 0 Å². The van der Waals surface area contributed by atoms with Crippen LogP contribution < -0.4 is 5.73 Å². The Hall–Kier alpha value is -4.13. The summed E-state index contributed by atoms with van der Waals surface area (Å²) in [5.41, 5.74) is 5.96. The van der Waals surface area contributed by atoms with Crippen molar-refractivity contribution in [1.29, 1.82) is 0 Å². The molecule has 0 aliphatic carbocycles. The summed E-state index contributed by atoms with van der Waals surface area (Å²) in [4.78, 5) is 38.7. The molecule has 7 heteroatoms. The lowest BCUT2D eigenvalue weighted by Crippen LogP contribution is -2.58. The third kappa shape index (κ3) is 4.72. The zero-order valence-electron chi connectivity index (χ0n) is 18.3. The van der Waals surface area contributed by atoms with Crippen molar-refractivity contribution in [2.24, 2.45) is 5.73 Å². The maximum atomic E-state index is 13.4. The van der Waals surface area contributed by atoms with Crippen LogP contribution in [0, 0.1) is 0 Å². The molecule has 3 rings (SSSR count). The van der Waals surface area contributed by atoms with Gasteiger partial charge in [0, 0.05) is 6.42 Å². The van der Waals surface area contributed by atoms with Gasteiger partial charge in [0.2, 0.25) is 5.91 Å². The summed E-state index contributed by atoms with van der Waals surface area (Å²) < 4.78 is 5.13. The summed E-state index contributed by atoms with van der Waals surface area (Å²) in [6.07, 6.45) is -1.23. The van der Waals surface area contributed by atoms with E-state index in [0.29, 0.717) is 16.7 Å². The van der Waals surface area contributed by atoms with E-state index in [2.05, 4.69) is 0 Å². The Morgan fingerprint density at radius 3 is 1.55 bits per heavy atom. The summed E-state index contributed by atoms with van der Waals surface area (Å²) in [7, 11) is 1.20. The molecule has 0 heterocycles. The van der Waals surface area contributed by atoms with Crippen molar-refractivity contribution in [3.05, 3.63) is 108 Å². The van der Waals surface area contributed by atoms with Crippen molar-refractivity contribution < 1.29 is 24.2 Å². The van der Waals surface area contributed by atoms with Crippen LogP contribution in [0.2, 0.25) is 0 Å². The molecular weight excluding hydrogens is 420 g/mol. The number of benzene rings is 3. The highest BCUT2D eigenvalue weighted by Crippen LogP contribution is 2.44. The highest BCUT2D eigenvalue weighted by atomic mass is 16.5. The van der Waals surface area contributed by atoms with Crippen LogP contribution in [0.3, 0.4) is 0 Å². The molecule has 1 atom stereocenters. The lowest BCUT2D eigenvalue weighted by molar-refractivity contribution is -0.144. The molecule has 0 spiro atoms. The number of methoxy groups -OCH3 is 1. The molecule has 0 radical (unpaired) electrons. The molecule has 3 aromatic rings. The number of carbonyl (C=O) groups is 3. The Balaban J connectivity index is 2.44. The van der Waals surface area contributed by atoms with Gasteiger partial charge in [0.25, 0.3) is 0 Å². The van der Waals surface area contributed by atoms with Crippen molar-refractivity contribution >= 4 is 18.0 Å². The summed E-state index contributed by atoms with van der Waals surface area (Å²) in [6.45, 7) is 0. The van der Waals surface area contributed by atoms with Crippen LogP contribution in [0.5, 0.6) is 0 Å². The molecule has 2 amide bonds. The van der Waals surface area contributed by atoms with Crippen LogP contribution in [0.25, 0.3) is 0 Å². The Labute approximate surface area is 192 Å².